The normalized spacial score (nSPS) is 13.3. The molecule has 0 spiro atoms. The number of rotatable bonds is 11. The second kappa shape index (κ2) is 11.2. The maximum Gasteiger partial charge on any atom is 0.253 e. The van der Waals surface area contributed by atoms with Gasteiger partial charge >= 0.3 is 0 Å². The average molecular weight is 545 g/mol. The third kappa shape index (κ3) is 5.14. The number of tetrazole rings is 1. The number of aromatic nitrogens is 5. The number of fused-ring (bicyclic) bond motifs is 2. The SMILES string of the molecule is COCCn1nnnc1C(c1cc2cc3c(cc2[nH]c1=O)OCO3)N(Cc1ccc(OC)cc1)Cc1ccco1. The molecule has 6 rings (SSSR count). The molecular weight excluding hydrogens is 516 g/mol. The molecule has 2 aromatic carbocycles. The second-order valence-electron chi connectivity index (χ2n) is 9.33. The van der Waals surface area contributed by atoms with Crippen molar-refractivity contribution in [2.24, 2.45) is 0 Å². The number of pyridine rings is 1. The summed E-state index contributed by atoms with van der Waals surface area (Å²) in [6.45, 7) is 1.80. The van der Waals surface area contributed by atoms with Crippen LogP contribution < -0.4 is 19.8 Å². The first-order valence-electron chi connectivity index (χ1n) is 12.7. The lowest BCUT2D eigenvalue weighted by atomic mass is 10.0. The topological polar surface area (TPSA) is 130 Å². The van der Waals surface area contributed by atoms with Gasteiger partial charge in [0.25, 0.3) is 5.56 Å². The minimum absolute atomic E-state index is 0.137. The van der Waals surface area contributed by atoms with Gasteiger partial charge in [0.1, 0.15) is 17.6 Å². The molecule has 12 nitrogen and oxygen atoms in total. The highest BCUT2D eigenvalue weighted by molar-refractivity contribution is 5.83. The maximum atomic E-state index is 13.7. The molecule has 1 N–H and O–H groups in total. The van der Waals surface area contributed by atoms with E-state index in [4.69, 9.17) is 23.4 Å². The molecule has 3 aromatic heterocycles. The van der Waals surface area contributed by atoms with Crippen molar-refractivity contribution in [3.63, 3.8) is 0 Å². The Bertz CT molecular complexity index is 1650. The summed E-state index contributed by atoms with van der Waals surface area (Å²) >= 11 is 0. The highest BCUT2D eigenvalue weighted by Crippen LogP contribution is 2.37. The van der Waals surface area contributed by atoms with Gasteiger partial charge in [-0.2, -0.15) is 0 Å². The number of ether oxygens (including phenoxy) is 4. The Balaban J connectivity index is 1.50. The number of nitrogens with one attached hydrogen (secondary N) is 1. The number of nitrogens with zero attached hydrogens (tertiary/aromatic N) is 5. The standard InChI is InChI=1S/C28H28N6O6/c1-36-11-9-34-27(30-31-32-34)26(22-12-19-13-24-25(40-17-39-24)14-23(19)29-28(22)35)33(16-21-4-3-10-38-21)15-18-5-7-20(37-2)8-6-18/h3-8,10,12-14,26H,9,11,15-17H2,1-2H3,(H,29,35). The fraction of sp³-hybridized carbons (Fsp3) is 0.286. The Morgan fingerprint density at radius 1 is 1.07 bits per heavy atom. The summed E-state index contributed by atoms with van der Waals surface area (Å²) in [7, 11) is 3.25. The lowest BCUT2D eigenvalue weighted by molar-refractivity contribution is 0.163. The quantitative estimate of drug-likeness (QED) is 0.264. The van der Waals surface area contributed by atoms with E-state index in [0.717, 1.165) is 22.5 Å². The molecule has 40 heavy (non-hydrogen) atoms. The van der Waals surface area contributed by atoms with Crippen LogP contribution in [0.2, 0.25) is 0 Å². The van der Waals surface area contributed by atoms with E-state index in [1.807, 2.05) is 48.5 Å². The van der Waals surface area contributed by atoms with E-state index in [2.05, 4.69) is 25.4 Å². The zero-order valence-corrected chi connectivity index (χ0v) is 22.1. The van der Waals surface area contributed by atoms with Crippen LogP contribution in [-0.4, -0.2) is 57.7 Å². The van der Waals surface area contributed by atoms with Gasteiger partial charge in [0.2, 0.25) is 6.79 Å². The fourth-order valence-corrected chi connectivity index (χ4v) is 4.87. The predicted octanol–water partition coefficient (Wildman–Crippen LogP) is 3.28. The third-order valence-electron chi connectivity index (χ3n) is 6.82. The van der Waals surface area contributed by atoms with E-state index >= 15 is 0 Å². The highest BCUT2D eigenvalue weighted by atomic mass is 16.7. The molecule has 1 aliphatic heterocycles. The van der Waals surface area contributed by atoms with Gasteiger partial charge in [-0.15, -0.1) is 5.10 Å². The van der Waals surface area contributed by atoms with Crippen LogP contribution in [0.25, 0.3) is 10.9 Å². The molecule has 0 saturated heterocycles. The number of furan rings is 1. The smallest absolute Gasteiger partial charge is 0.253 e. The third-order valence-corrected chi connectivity index (χ3v) is 6.82. The van der Waals surface area contributed by atoms with Gasteiger partial charge in [0.05, 0.1) is 38.6 Å². The van der Waals surface area contributed by atoms with Gasteiger partial charge in [0.15, 0.2) is 17.3 Å². The number of benzene rings is 2. The van der Waals surface area contributed by atoms with Gasteiger partial charge in [-0.05, 0) is 52.4 Å². The Hall–Kier alpha value is -4.68. The van der Waals surface area contributed by atoms with Crippen molar-refractivity contribution in [3.8, 4) is 17.2 Å². The lowest BCUT2D eigenvalue weighted by Gasteiger charge is -2.30. The molecule has 1 aliphatic rings. The van der Waals surface area contributed by atoms with E-state index in [9.17, 15) is 4.79 Å². The van der Waals surface area contributed by atoms with Crippen molar-refractivity contribution in [1.29, 1.82) is 0 Å². The minimum Gasteiger partial charge on any atom is -0.497 e. The molecule has 1 atom stereocenters. The van der Waals surface area contributed by atoms with Crippen molar-refractivity contribution < 1.29 is 23.4 Å². The van der Waals surface area contributed by atoms with Crippen LogP contribution in [0.3, 0.4) is 0 Å². The summed E-state index contributed by atoms with van der Waals surface area (Å²) in [5.41, 5.74) is 1.86. The van der Waals surface area contributed by atoms with Crippen molar-refractivity contribution in [2.75, 3.05) is 27.6 Å². The van der Waals surface area contributed by atoms with Gasteiger partial charge in [0, 0.05) is 30.7 Å². The summed E-state index contributed by atoms with van der Waals surface area (Å²) in [5.74, 6) is 3.20. The molecule has 4 heterocycles. The molecule has 0 fully saturated rings. The van der Waals surface area contributed by atoms with Gasteiger partial charge in [-0.3, -0.25) is 9.69 Å². The van der Waals surface area contributed by atoms with Crippen molar-refractivity contribution in [2.45, 2.75) is 25.7 Å². The number of aromatic amines is 1. The Morgan fingerprint density at radius 3 is 2.65 bits per heavy atom. The molecule has 0 saturated carbocycles. The molecule has 0 aliphatic carbocycles. The van der Waals surface area contributed by atoms with E-state index < -0.39 is 6.04 Å². The highest BCUT2D eigenvalue weighted by Gasteiger charge is 2.32. The first-order chi connectivity index (χ1) is 19.6. The number of hydrogen-bond donors (Lipinski definition) is 1. The van der Waals surface area contributed by atoms with Gasteiger partial charge in [-0.25, -0.2) is 4.68 Å². The van der Waals surface area contributed by atoms with Crippen LogP contribution in [0.5, 0.6) is 17.2 Å². The largest absolute Gasteiger partial charge is 0.497 e. The number of methoxy groups -OCH3 is 2. The fourth-order valence-electron chi connectivity index (χ4n) is 4.87. The van der Waals surface area contributed by atoms with Crippen LogP contribution in [0, 0.1) is 0 Å². The molecule has 0 bridgehead atoms. The van der Waals surface area contributed by atoms with Crippen LogP contribution in [0.4, 0.5) is 0 Å². The van der Waals surface area contributed by atoms with Gasteiger partial charge < -0.3 is 28.3 Å². The Morgan fingerprint density at radius 2 is 1.90 bits per heavy atom. The van der Waals surface area contributed by atoms with Crippen LogP contribution >= 0.6 is 0 Å². The summed E-state index contributed by atoms with van der Waals surface area (Å²) in [6.07, 6.45) is 1.63. The Kier molecular flexibility index (Phi) is 7.17. The van der Waals surface area contributed by atoms with Crippen molar-refractivity contribution in [3.05, 3.63) is 93.9 Å². The van der Waals surface area contributed by atoms with E-state index in [-0.39, 0.29) is 12.4 Å². The summed E-state index contributed by atoms with van der Waals surface area (Å²) in [5, 5.41) is 13.4. The number of hydrogen-bond acceptors (Lipinski definition) is 10. The molecular formula is C28H28N6O6. The molecule has 5 aromatic rings. The molecule has 206 valence electrons. The van der Waals surface area contributed by atoms with Gasteiger partial charge in [-0.1, -0.05) is 12.1 Å². The average Bonchev–Trinajstić information content (AvgIpc) is 3.74. The first kappa shape index (κ1) is 25.6. The van der Waals surface area contributed by atoms with Crippen molar-refractivity contribution in [1.82, 2.24) is 30.1 Å². The summed E-state index contributed by atoms with van der Waals surface area (Å²) < 4.78 is 29.1. The number of H-pyrrole nitrogens is 1. The minimum atomic E-state index is -0.641. The second-order valence-corrected chi connectivity index (χ2v) is 9.33. The zero-order valence-electron chi connectivity index (χ0n) is 22.1. The van der Waals surface area contributed by atoms with Crippen LogP contribution in [0.1, 0.15) is 28.8 Å². The lowest BCUT2D eigenvalue weighted by Crippen LogP contribution is -2.35. The van der Waals surface area contributed by atoms with E-state index in [1.54, 1.807) is 31.2 Å². The maximum absolute atomic E-state index is 13.7. The van der Waals surface area contributed by atoms with Crippen LogP contribution in [0.15, 0.2) is 70.1 Å². The predicted molar refractivity (Wildman–Crippen MR) is 143 cm³/mol. The molecule has 1 unspecified atom stereocenters. The summed E-state index contributed by atoms with van der Waals surface area (Å²) in [4.78, 5) is 18.9. The Labute approximate surface area is 229 Å². The van der Waals surface area contributed by atoms with Crippen LogP contribution in [-0.2, 0) is 24.4 Å². The molecule has 0 radical (unpaired) electrons. The van der Waals surface area contributed by atoms with E-state index in [0.29, 0.717) is 54.6 Å². The van der Waals surface area contributed by atoms with E-state index in [1.165, 1.54) is 0 Å². The molecule has 12 heteroatoms. The van der Waals surface area contributed by atoms with Crippen molar-refractivity contribution >= 4 is 10.9 Å². The monoisotopic (exact) mass is 544 g/mol. The zero-order chi connectivity index (χ0) is 27.5. The first-order valence-corrected chi connectivity index (χ1v) is 12.7. The summed E-state index contributed by atoms with van der Waals surface area (Å²) in [6, 6.07) is 16.4. The molecule has 0 amide bonds.